The van der Waals surface area contributed by atoms with Crippen LogP contribution in [0.1, 0.15) is 45.6 Å². The molecule has 3 heteroatoms. The van der Waals surface area contributed by atoms with Gasteiger partial charge in [0.15, 0.2) is 0 Å². The SMILES string of the molecule is CC1CC(Oc2cc(Cl)ccc2C#N)CC(C)(C)C1. The summed E-state index contributed by atoms with van der Waals surface area (Å²) in [4.78, 5) is 0. The van der Waals surface area contributed by atoms with Crippen LogP contribution in [-0.4, -0.2) is 6.10 Å². The maximum absolute atomic E-state index is 9.12. The van der Waals surface area contributed by atoms with Gasteiger partial charge in [0.25, 0.3) is 0 Å². The quantitative estimate of drug-likeness (QED) is 0.777. The molecule has 1 aliphatic rings. The summed E-state index contributed by atoms with van der Waals surface area (Å²) in [6.07, 6.45) is 3.47. The van der Waals surface area contributed by atoms with E-state index in [1.54, 1.807) is 18.2 Å². The van der Waals surface area contributed by atoms with E-state index in [1.165, 1.54) is 6.42 Å². The third-order valence-corrected chi connectivity index (χ3v) is 3.94. The van der Waals surface area contributed by atoms with E-state index in [0.717, 1.165) is 12.8 Å². The van der Waals surface area contributed by atoms with E-state index in [4.69, 9.17) is 21.6 Å². The first kappa shape index (κ1) is 14.2. The van der Waals surface area contributed by atoms with Crippen LogP contribution in [0.5, 0.6) is 5.75 Å². The molecular formula is C16H20ClNO. The Labute approximate surface area is 120 Å². The number of hydrogen-bond acceptors (Lipinski definition) is 2. The number of hydrogen-bond donors (Lipinski definition) is 0. The summed E-state index contributed by atoms with van der Waals surface area (Å²) in [5.41, 5.74) is 0.855. The van der Waals surface area contributed by atoms with Crippen LogP contribution in [0.15, 0.2) is 18.2 Å². The first-order chi connectivity index (χ1) is 8.89. The van der Waals surface area contributed by atoms with Crippen molar-refractivity contribution < 1.29 is 4.74 Å². The number of ether oxygens (including phenoxy) is 1. The number of rotatable bonds is 2. The highest BCUT2D eigenvalue weighted by molar-refractivity contribution is 6.30. The number of benzene rings is 1. The average Bonchev–Trinajstić information content (AvgIpc) is 2.26. The van der Waals surface area contributed by atoms with Gasteiger partial charge in [-0.05, 0) is 42.7 Å². The molecule has 1 aromatic rings. The Hall–Kier alpha value is -1.20. The lowest BCUT2D eigenvalue weighted by atomic mass is 9.71. The molecule has 0 radical (unpaired) electrons. The van der Waals surface area contributed by atoms with Gasteiger partial charge in [0.05, 0.1) is 11.7 Å². The molecule has 19 heavy (non-hydrogen) atoms. The van der Waals surface area contributed by atoms with Crippen LogP contribution >= 0.6 is 11.6 Å². The van der Waals surface area contributed by atoms with Crippen LogP contribution in [0.3, 0.4) is 0 Å². The molecule has 0 heterocycles. The first-order valence-electron chi connectivity index (χ1n) is 6.76. The van der Waals surface area contributed by atoms with Gasteiger partial charge in [-0.15, -0.1) is 0 Å². The molecule has 1 saturated carbocycles. The third-order valence-electron chi connectivity index (χ3n) is 3.70. The Morgan fingerprint density at radius 1 is 1.37 bits per heavy atom. The van der Waals surface area contributed by atoms with Gasteiger partial charge >= 0.3 is 0 Å². The molecule has 0 spiro atoms. The van der Waals surface area contributed by atoms with Crippen LogP contribution in [0, 0.1) is 22.7 Å². The smallest absolute Gasteiger partial charge is 0.138 e. The van der Waals surface area contributed by atoms with Crippen LogP contribution < -0.4 is 4.74 Å². The predicted octanol–water partition coefficient (Wildman–Crippen LogP) is 4.81. The Morgan fingerprint density at radius 3 is 2.74 bits per heavy atom. The highest BCUT2D eigenvalue weighted by Crippen LogP contribution is 2.40. The van der Waals surface area contributed by atoms with Gasteiger partial charge in [-0.1, -0.05) is 32.4 Å². The fourth-order valence-corrected chi connectivity index (χ4v) is 3.38. The van der Waals surface area contributed by atoms with Crippen molar-refractivity contribution in [2.75, 3.05) is 0 Å². The molecule has 102 valence electrons. The second kappa shape index (κ2) is 5.43. The summed E-state index contributed by atoms with van der Waals surface area (Å²) in [6, 6.07) is 7.34. The fraction of sp³-hybridized carbons (Fsp3) is 0.562. The normalized spacial score (nSPS) is 25.6. The summed E-state index contributed by atoms with van der Waals surface area (Å²) < 4.78 is 6.06. The van der Waals surface area contributed by atoms with Gasteiger partial charge in [0.2, 0.25) is 0 Å². The highest BCUT2D eigenvalue weighted by atomic mass is 35.5. The van der Waals surface area contributed by atoms with Crippen molar-refractivity contribution in [3.05, 3.63) is 28.8 Å². The molecule has 2 nitrogen and oxygen atoms in total. The average molecular weight is 278 g/mol. The van der Waals surface area contributed by atoms with E-state index in [2.05, 4.69) is 26.8 Å². The second-order valence-corrected chi connectivity index (χ2v) is 6.84. The summed E-state index contributed by atoms with van der Waals surface area (Å²) in [6.45, 7) is 6.82. The van der Waals surface area contributed by atoms with Gasteiger partial charge in [0, 0.05) is 11.1 Å². The van der Waals surface area contributed by atoms with Gasteiger partial charge in [-0.3, -0.25) is 0 Å². The van der Waals surface area contributed by atoms with Crippen molar-refractivity contribution in [2.45, 2.75) is 46.1 Å². The minimum atomic E-state index is 0.171. The van der Waals surface area contributed by atoms with Gasteiger partial charge in [-0.2, -0.15) is 5.26 Å². The highest BCUT2D eigenvalue weighted by Gasteiger charge is 2.33. The molecule has 0 aromatic heterocycles. The van der Waals surface area contributed by atoms with Crippen molar-refractivity contribution in [2.24, 2.45) is 11.3 Å². The summed E-state index contributed by atoms with van der Waals surface area (Å²) in [5.74, 6) is 1.27. The Morgan fingerprint density at radius 2 is 2.11 bits per heavy atom. The minimum Gasteiger partial charge on any atom is -0.489 e. The van der Waals surface area contributed by atoms with Crippen LogP contribution in [0.25, 0.3) is 0 Å². The Kier molecular flexibility index (Phi) is 4.06. The summed E-state index contributed by atoms with van der Waals surface area (Å²) in [7, 11) is 0. The zero-order chi connectivity index (χ0) is 14.0. The molecule has 0 bridgehead atoms. The van der Waals surface area contributed by atoms with Gasteiger partial charge in [-0.25, -0.2) is 0 Å². The van der Waals surface area contributed by atoms with Crippen molar-refractivity contribution >= 4 is 11.6 Å². The third kappa shape index (κ3) is 3.64. The second-order valence-electron chi connectivity index (χ2n) is 6.41. The van der Waals surface area contributed by atoms with Crippen molar-refractivity contribution in [1.29, 1.82) is 5.26 Å². The van der Waals surface area contributed by atoms with E-state index in [0.29, 0.717) is 27.7 Å². The summed E-state index contributed by atoms with van der Waals surface area (Å²) in [5, 5.41) is 9.73. The number of nitriles is 1. The number of halogens is 1. The van der Waals surface area contributed by atoms with Crippen molar-refractivity contribution in [3.63, 3.8) is 0 Å². The molecule has 0 aliphatic heterocycles. The standard InChI is InChI=1S/C16H20ClNO/c1-11-6-14(9-16(2,3)8-11)19-15-7-13(17)5-4-12(15)10-18/h4-5,7,11,14H,6,8-9H2,1-3H3. The Bertz CT molecular complexity index is 504. The largest absolute Gasteiger partial charge is 0.489 e. The molecule has 1 aliphatic carbocycles. The lowest BCUT2D eigenvalue weighted by Crippen LogP contribution is -2.34. The van der Waals surface area contributed by atoms with Crippen molar-refractivity contribution in [1.82, 2.24) is 0 Å². The number of nitrogens with zero attached hydrogens (tertiary/aromatic N) is 1. The Balaban J connectivity index is 2.17. The molecular weight excluding hydrogens is 258 g/mol. The molecule has 1 aromatic carbocycles. The van der Waals surface area contributed by atoms with E-state index in [9.17, 15) is 0 Å². The molecule has 2 atom stereocenters. The maximum atomic E-state index is 9.12. The molecule has 2 unspecified atom stereocenters. The molecule has 0 saturated heterocycles. The summed E-state index contributed by atoms with van der Waals surface area (Å²) >= 11 is 5.99. The van der Waals surface area contributed by atoms with E-state index < -0.39 is 0 Å². The zero-order valence-electron chi connectivity index (χ0n) is 11.7. The topological polar surface area (TPSA) is 33.0 Å². The molecule has 0 amide bonds. The van der Waals surface area contributed by atoms with Gasteiger partial charge < -0.3 is 4.74 Å². The minimum absolute atomic E-state index is 0.171. The first-order valence-corrected chi connectivity index (χ1v) is 7.14. The maximum Gasteiger partial charge on any atom is 0.138 e. The van der Waals surface area contributed by atoms with E-state index in [1.807, 2.05) is 0 Å². The van der Waals surface area contributed by atoms with Crippen LogP contribution in [0.2, 0.25) is 5.02 Å². The van der Waals surface area contributed by atoms with E-state index in [-0.39, 0.29) is 6.10 Å². The van der Waals surface area contributed by atoms with Crippen LogP contribution in [0.4, 0.5) is 0 Å². The zero-order valence-corrected chi connectivity index (χ0v) is 12.5. The van der Waals surface area contributed by atoms with E-state index >= 15 is 0 Å². The lowest BCUT2D eigenvalue weighted by Gasteiger charge is -2.38. The van der Waals surface area contributed by atoms with Crippen LogP contribution in [-0.2, 0) is 0 Å². The van der Waals surface area contributed by atoms with Gasteiger partial charge in [0.1, 0.15) is 11.8 Å². The fourth-order valence-electron chi connectivity index (χ4n) is 3.21. The molecule has 0 N–H and O–H groups in total. The monoisotopic (exact) mass is 277 g/mol. The lowest BCUT2D eigenvalue weighted by molar-refractivity contribution is 0.0561. The predicted molar refractivity (Wildman–Crippen MR) is 77.4 cm³/mol. The molecule has 2 rings (SSSR count). The molecule has 1 fully saturated rings. The van der Waals surface area contributed by atoms with Crippen molar-refractivity contribution in [3.8, 4) is 11.8 Å².